The van der Waals surface area contributed by atoms with Crippen LogP contribution in [-0.4, -0.2) is 17.6 Å². The highest BCUT2D eigenvalue weighted by atomic mass is 16.5. The highest BCUT2D eigenvalue weighted by Gasteiger charge is 1.99. The molecule has 0 N–H and O–H groups in total. The van der Waals surface area contributed by atoms with Crippen molar-refractivity contribution in [2.24, 2.45) is 0 Å². The number of oxazole rings is 1. The molecule has 88 valence electrons. The molecule has 0 fully saturated rings. The first kappa shape index (κ1) is 11.4. The first-order chi connectivity index (χ1) is 8.29. The summed E-state index contributed by atoms with van der Waals surface area (Å²) in [5, 5.41) is 0. The molecule has 0 unspecified atom stereocenters. The zero-order valence-electron chi connectivity index (χ0n) is 9.55. The van der Waals surface area contributed by atoms with Gasteiger partial charge in [-0.25, -0.2) is 4.98 Å². The third-order valence-electron chi connectivity index (χ3n) is 2.25. The summed E-state index contributed by atoms with van der Waals surface area (Å²) in [6.45, 7) is 2.21. The van der Waals surface area contributed by atoms with Gasteiger partial charge in [0, 0.05) is 0 Å². The van der Waals surface area contributed by atoms with E-state index in [1.165, 1.54) is 6.39 Å². The van der Waals surface area contributed by atoms with Gasteiger partial charge >= 0.3 is 5.97 Å². The Bertz CT molecular complexity index is 542. The molecule has 0 radical (unpaired) electrons. The highest BCUT2D eigenvalue weighted by Crippen LogP contribution is 2.15. The van der Waals surface area contributed by atoms with Gasteiger partial charge in [0.25, 0.3) is 0 Å². The molecular weight excluding hydrogens is 218 g/mol. The predicted molar refractivity (Wildman–Crippen MR) is 64.3 cm³/mol. The van der Waals surface area contributed by atoms with Crippen LogP contribution < -0.4 is 0 Å². The van der Waals surface area contributed by atoms with E-state index < -0.39 is 0 Å². The lowest BCUT2D eigenvalue weighted by molar-refractivity contribution is -0.142. The molecule has 1 aromatic heterocycles. The summed E-state index contributed by atoms with van der Waals surface area (Å²) in [5.41, 5.74) is 2.55. The fourth-order valence-electron chi connectivity index (χ4n) is 1.49. The Morgan fingerprint density at radius 3 is 3.24 bits per heavy atom. The molecule has 0 spiro atoms. The van der Waals surface area contributed by atoms with Crippen molar-refractivity contribution >= 4 is 23.1 Å². The summed E-state index contributed by atoms with van der Waals surface area (Å²) in [4.78, 5) is 15.2. The normalized spacial score (nSPS) is 11.1. The minimum absolute atomic E-state index is 0.216. The van der Waals surface area contributed by atoms with E-state index in [1.54, 1.807) is 13.0 Å². The molecule has 17 heavy (non-hydrogen) atoms. The van der Waals surface area contributed by atoms with Crippen molar-refractivity contribution in [1.82, 2.24) is 4.98 Å². The lowest BCUT2D eigenvalue weighted by Crippen LogP contribution is -2.01. The van der Waals surface area contributed by atoms with Gasteiger partial charge in [-0.2, -0.15) is 0 Å². The summed E-state index contributed by atoms with van der Waals surface area (Å²) in [6, 6.07) is 5.67. The van der Waals surface area contributed by atoms with Crippen LogP contribution in [0.5, 0.6) is 0 Å². The van der Waals surface area contributed by atoms with Gasteiger partial charge in [0.05, 0.1) is 13.0 Å². The van der Waals surface area contributed by atoms with Gasteiger partial charge in [-0.3, -0.25) is 4.79 Å². The Labute approximate surface area is 98.9 Å². The van der Waals surface area contributed by atoms with Crippen molar-refractivity contribution in [3.05, 3.63) is 36.2 Å². The van der Waals surface area contributed by atoms with E-state index in [-0.39, 0.29) is 12.4 Å². The molecule has 2 rings (SSSR count). The molecule has 1 heterocycles. The molecule has 0 aliphatic heterocycles. The fraction of sp³-hybridized carbons (Fsp3) is 0.231. The van der Waals surface area contributed by atoms with Gasteiger partial charge < -0.3 is 9.15 Å². The molecule has 0 aliphatic carbocycles. The zero-order valence-corrected chi connectivity index (χ0v) is 9.55. The lowest BCUT2D eigenvalue weighted by Gasteiger charge is -1.97. The Kier molecular flexibility index (Phi) is 3.55. The number of esters is 1. The van der Waals surface area contributed by atoms with Crippen molar-refractivity contribution in [2.45, 2.75) is 13.3 Å². The third kappa shape index (κ3) is 2.93. The van der Waals surface area contributed by atoms with Crippen LogP contribution >= 0.6 is 0 Å². The third-order valence-corrected chi connectivity index (χ3v) is 2.25. The maximum Gasteiger partial charge on any atom is 0.309 e. The molecule has 0 amide bonds. The van der Waals surface area contributed by atoms with Gasteiger partial charge in [-0.05, 0) is 24.6 Å². The number of ether oxygens (including phenoxy) is 1. The minimum atomic E-state index is -0.216. The lowest BCUT2D eigenvalue weighted by atomic mass is 10.2. The van der Waals surface area contributed by atoms with E-state index in [9.17, 15) is 4.79 Å². The number of aromatic nitrogens is 1. The zero-order chi connectivity index (χ0) is 12.1. The standard InChI is InChI=1S/C13H13NO3/c1-2-16-13(15)5-3-4-10-6-7-12-11(8-10)14-9-17-12/h3-4,6-9H,2,5H2,1H3. The maximum absolute atomic E-state index is 11.1. The topological polar surface area (TPSA) is 52.3 Å². The first-order valence-corrected chi connectivity index (χ1v) is 5.45. The van der Waals surface area contributed by atoms with Crippen molar-refractivity contribution < 1.29 is 13.9 Å². The number of hydrogen-bond acceptors (Lipinski definition) is 4. The Morgan fingerprint density at radius 1 is 1.53 bits per heavy atom. The van der Waals surface area contributed by atoms with Gasteiger partial charge in [0.2, 0.25) is 0 Å². The molecule has 4 nitrogen and oxygen atoms in total. The smallest absolute Gasteiger partial charge is 0.309 e. The van der Waals surface area contributed by atoms with Gasteiger partial charge in [-0.15, -0.1) is 0 Å². The van der Waals surface area contributed by atoms with E-state index in [1.807, 2.05) is 24.3 Å². The molecule has 0 atom stereocenters. The number of fused-ring (bicyclic) bond motifs is 1. The summed E-state index contributed by atoms with van der Waals surface area (Å²) >= 11 is 0. The van der Waals surface area contributed by atoms with Crippen LogP contribution in [0, 0.1) is 0 Å². The molecule has 0 aliphatic rings. The maximum atomic E-state index is 11.1. The van der Waals surface area contributed by atoms with Crippen molar-refractivity contribution in [3.8, 4) is 0 Å². The molecule has 0 saturated heterocycles. The molecular formula is C13H13NO3. The highest BCUT2D eigenvalue weighted by molar-refractivity contribution is 5.77. The summed E-state index contributed by atoms with van der Waals surface area (Å²) < 4.78 is 9.96. The quantitative estimate of drug-likeness (QED) is 0.759. The number of hydrogen-bond donors (Lipinski definition) is 0. The van der Waals surface area contributed by atoms with Gasteiger partial charge in [0.1, 0.15) is 5.52 Å². The van der Waals surface area contributed by atoms with E-state index in [0.717, 1.165) is 16.7 Å². The average Bonchev–Trinajstić information content (AvgIpc) is 2.76. The SMILES string of the molecule is CCOC(=O)CC=Cc1ccc2ocnc2c1. The van der Waals surface area contributed by atoms with Crippen LogP contribution in [0.3, 0.4) is 0 Å². The predicted octanol–water partition coefficient (Wildman–Crippen LogP) is 2.79. The second-order valence-corrected chi connectivity index (χ2v) is 3.49. The molecule has 0 bridgehead atoms. The average molecular weight is 231 g/mol. The largest absolute Gasteiger partial charge is 0.466 e. The number of nitrogens with zero attached hydrogens (tertiary/aromatic N) is 1. The minimum Gasteiger partial charge on any atom is -0.466 e. The van der Waals surface area contributed by atoms with Crippen molar-refractivity contribution in [2.75, 3.05) is 6.61 Å². The Morgan fingerprint density at radius 2 is 2.41 bits per heavy atom. The van der Waals surface area contributed by atoms with Gasteiger partial charge in [-0.1, -0.05) is 18.2 Å². The van der Waals surface area contributed by atoms with E-state index >= 15 is 0 Å². The fourth-order valence-corrected chi connectivity index (χ4v) is 1.49. The van der Waals surface area contributed by atoms with Gasteiger partial charge in [0.15, 0.2) is 12.0 Å². The van der Waals surface area contributed by atoms with Crippen molar-refractivity contribution in [1.29, 1.82) is 0 Å². The van der Waals surface area contributed by atoms with Crippen LogP contribution in [0.2, 0.25) is 0 Å². The van der Waals surface area contributed by atoms with E-state index in [2.05, 4.69) is 4.98 Å². The molecule has 2 aromatic rings. The second kappa shape index (κ2) is 5.30. The van der Waals surface area contributed by atoms with Crippen LogP contribution in [-0.2, 0) is 9.53 Å². The summed E-state index contributed by atoms with van der Waals surface area (Å²) in [7, 11) is 0. The first-order valence-electron chi connectivity index (χ1n) is 5.45. The number of rotatable bonds is 4. The number of benzene rings is 1. The molecule has 0 saturated carbocycles. The summed E-state index contributed by atoms with van der Waals surface area (Å²) in [6.07, 6.45) is 5.34. The van der Waals surface area contributed by atoms with Crippen molar-refractivity contribution in [3.63, 3.8) is 0 Å². The monoisotopic (exact) mass is 231 g/mol. The van der Waals surface area contributed by atoms with E-state index in [4.69, 9.17) is 9.15 Å². The van der Waals surface area contributed by atoms with Crippen LogP contribution in [0.25, 0.3) is 17.2 Å². The number of carbonyl (C=O) groups excluding carboxylic acids is 1. The van der Waals surface area contributed by atoms with Crippen LogP contribution in [0.15, 0.2) is 35.1 Å². The molecule has 4 heteroatoms. The molecule has 1 aromatic carbocycles. The Hall–Kier alpha value is -2.10. The van der Waals surface area contributed by atoms with Crippen LogP contribution in [0.1, 0.15) is 18.9 Å². The number of carbonyl (C=O) groups is 1. The second-order valence-electron chi connectivity index (χ2n) is 3.49. The van der Waals surface area contributed by atoms with E-state index in [0.29, 0.717) is 6.61 Å². The summed E-state index contributed by atoms with van der Waals surface area (Å²) in [5.74, 6) is -0.216. The Balaban J connectivity index is 2.02. The van der Waals surface area contributed by atoms with Crippen LogP contribution in [0.4, 0.5) is 0 Å².